The van der Waals surface area contributed by atoms with E-state index in [2.05, 4.69) is 5.32 Å². The van der Waals surface area contributed by atoms with Gasteiger partial charge in [-0.25, -0.2) is 8.42 Å². The Morgan fingerprint density at radius 2 is 1.76 bits per heavy atom. The van der Waals surface area contributed by atoms with Crippen molar-refractivity contribution >= 4 is 21.6 Å². The molecule has 0 aliphatic heterocycles. The van der Waals surface area contributed by atoms with Gasteiger partial charge in [0.05, 0.1) is 11.9 Å². The second kappa shape index (κ2) is 7.14. The Morgan fingerprint density at radius 1 is 1.12 bits per heavy atom. The fraction of sp³-hybridized carbons (Fsp3) is 0.278. The molecule has 6 nitrogen and oxygen atoms in total. The third-order valence-corrected chi connectivity index (χ3v) is 4.86. The van der Waals surface area contributed by atoms with E-state index < -0.39 is 10.0 Å². The van der Waals surface area contributed by atoms with Gasteiger partial charge in [-0.2, -0.15) is 0 Å². The van der Waals surface area contributed by atoms with Gasteiger partial charge in [-0.15, -0.1) is 0 Å². The number of amides is 1. The molecular weight excluding hydrogens is 340 g/mol. The normalized spacial score (nSPS) is 14.0. The van der Waals surface area contributed by atoms with Gasteiger partial charge < -0.3 is 10.1 Å². The number of benzene rings is 2. The molecule has 1 amide bonds. The maximum atomic E-state index is 12.3. The van der Waals surface area contributed by atoms with Gasteiger partial charge in [0, 0.05) is 6.04 Å². The average molecular weight is 360 g/mol. The zero-order valence-electron chi connectivity index (χ0n) is 13.9. The molecule has 1 saturated carbocycles. The number of carbonyl (C=O) groups is 1. The van der Waals surface area contributed by atoms with E-state index in [0.717, 1.165) is 23.4 Å². The van der Waals surface area contributed by atoms with Crippen LogP contribution in [-0.2, 0) is 14.8 Å². The number of hydrogen-bond acceptors (Lipinski definition) is 4. The highest BCUT2D eigenvalue weighted by Crippen LogP contribution is 2.33. The highest BCUT2D eigenvalue weighted by molar-refractivity contribution is 7.92. The molecule has 1 fully saturated rings. The quantitative estimate of drug-likeness (QED) is 0.823. The lowest BCUT2D eigenvalue weighted by Crippen LogP contribution is -2.41. The van der Waals surface area contributed by atoms with Crippen molar-refractivity contribution in [3.05, 3.63) is 54.6 Å². The molecular formula is C18H20N2O4S. The summed E-state index contributed by atoms with van der Waals surface area (Å²) in [6.07, 6.45) is 2.97. The molecule has 3 rings (SSSR count). The first-order valence-corrected chi connectivity index (χ1v) is 9.87. The molecule has 0 bridgehead atoms. The Labute approximate surface area is 147 Å². The molecule has 2 aromatic carbocycles. The van der Waals surface area contributed by atoms with Gasteiger partial charge in [0.25, 0.3) is 0 Å². The lowest BCUT2D eigenvalue weighted by atomic mass is 10.3. The zero-order chi connectivity index (χ0) is 17.9. The van der Waals surface area contributed by atoms with E-state index in [9.17, 15) is 13.2 Å². The predicted molar refractivity (Wildman–Crippen MR) is 96.3 cm³/mol. The lowest BCUT2D eigenvalue weighted by molar-refractivity contribution is -0.119. The number of sulfonamides is 1. The standard InChI is InChI=1S/C18H20N2O4S/c1-25(22,23)20(13-18(21)19-14-11-12-14)16-9-5-6-10-17(16)24-15-7-3-2-4-8-15/h2-10,14H,11-13H2,1H3,(H,19,21). The van der Waals surface area contributed by atoms with Crippen LogP contribution in [0.4, 0.5) is 5.69 Å². The van der Waals surface area contributed by atoms with Crippen LogP contribution < -0.4 is 14.4 Å². The summed E-state index contributed by atoms with van der Waals surface area (Å²) < 4.78 is 31.4. The van der Waals surface area contributed by atoms with Crippen molar-refractivity contribution in [2.24, 2.45) is 0 Å². The van der Waals surface area contributed by atoms with Gasteiger partial charge in [-0.3, -0.25) is 9.10 Å². The maximum Gasteiger partial charge on any atom is 0.240 e. The van der Waals surface area contributed by atoms with E-state index in [1.54, 1.807) is 36.4 Å². The first-order chi connectivity index (χ1) is 11.9. The van der Waals surface area contributed by atoms with Crippen LogP contribution in [-0.4, -0.2) is 33.2 Å². The van der Waals surface area contributed by atoms with Crippen molar-refractivity contribution in [3.8, 4) is 11.5 Å². The number of carbonyl (C=O) groups excluding carboxylic acids is 1. The molecule has 0 saturated heterocycles. The number of anilines is 1. The van der Waals surface area contributed by atoms with E-state index in [4.69, 9.17) is 4.74 Å². The fourth-order valence-electron chi connectivity index (χ4n) is 2.38. The van der Waals surface area contributed by atoms with E-state index in [0.29, 0.717) is 17.2 Å². The molecule has 0 radical (unpaired) electrons. The summed E-state index contributed by atoms with van der Waals surface area (Å²) in [5.74, 6) is 0.645. The Balaban J connectivity index is 1.88. The molecule has 1 aliphatic carbocycles. The summed E-state index contributed by atoms with van der Waals surface area (Å²) in [5, 5.41) is 2.81. The molecule has 0 aromatic heterocycles. The molecule has 132 valence electrons. The van der Waals surface area contributed by atoms with Crippen LogP contribution >= 0.6 is 0 Å². The van der Waals surface area contributed by atoms with Gasteiger partial charge in [0.1, 0.15) is 12.3 Å². The number of ether oxygens (including phenoxy) is 1. The van der Waals surface area contributed by atoms with Crippen molar-refractivity contribution in [2.45, 2.75) is 18.9 Å². The Bertz CT molecular complexity index is 848. The molecule has 25 heavy (non-hydrogen) atoms. The van der Waals surface area contributed by atoms with E-state index in [-0.39, 0.29) is 18.5 Å². The Hall–Kier alpha value is -2.54. The number of nitrogens with zero attached hydrogens (tertiary/aromatic N) is 1. The van der Waals surface area contributed by atoms with Crippen molar-refractivity contribution in [1.29, 1.82) is 0 Å². The van der Waals surface area contributed by atoms with Crippen molar-refractivity contribution in [3.63, 3.8) is 0 Å². The molecule has 0 spiro atoms. The zero-order valence-corrected chi connectivity index (χ0v) is 14.7. The van der Waals surface area contributed by atoms with Crippen LogP contribution in [0.3, 0.4) is 0 Å². The minimum absolute atomic E-state index is 0.171. The largest absolute Gasteiger partial charge is 0.455 e. The molecule has 2 aromatic rings. The predicted octanol–water partition coefficient (Wildman–Crippen LogP) is 2.52. The van der Waals surface area contributed by atoms with Crippen LogP contribution in [0.1, 0.15) is 12.8 Å². The lowest BCUT2D eigenvalue weighted by Gasteiger charge is -2.24. The second-order valence-electron chi connectivity index (χ2n) is 5.99. The Kier molecular flexibility index (Phi) is 4.94. The van der Waals surface area contributed by atoms with Gasteiger partial charge in [-0.1, -0.05) is 30.3 Å². The molecule has 0 atom stereocenters. The summed E-state index contributed by atoms with van der Waals surface area (Å²) in [5.41, 5.74) is 0.333. The number of nitrogens with one attached hydrogen (secondary N) is 1. The molecule has 0 heterocycles. The van der Waals surface area contributed by atoms with Crippen molar-refractivity contribution in [1.82, 2.24) is 5.32 Å². The SMILES string of the molecule is CS(=O)(=O)N(CC(=O)NC1CC1)c1ccccc1Oc1ccccc1. The fourth-order valence-corrected chi connectivity index (χ4v) is 3.24. The minimum Gasteiger partial charge on any atom is -0.455 e. The van der Waals surface area contributed by atoms with E-state index in [1.165, 1.54) is 0 Å². The highest BCUT2D eigenvalue weighted by Gasteiger charge is 2.28. The van der Waals surface area contributed by atoms with Crippen molar-refractivity contribution < 1.29 is 17.9 Å². The van der Waals surface area contributed by atoms with Crippen LogP contribution in [0.25, 0.3) is 0 Å². The molecule has 0 unspecified atom stereocenters. The third-order valence-electron chi connectivity index (χ3n) is 3.73. The summed E-state index contributed by atoms with van der Waals surface area (Å²) in [6, 6.07) is 16.0. The van der Waals surface area contributed by atoms with E-state index >= 15 is 0 Å². The summed E-state index contributed by atoms with van der Waals surface area (Å²) in [4.78, 5) is 12.1. The maximum absolute atomic E-state index is 12.3. The minimum atomic E-state index is -3.65. The van der Waals surface area contributed by atoms with Crippen LogP contribution in [0, 0.1) is 0 Å². The number of hydrogen-bond donors (Lipinski definition) is 1. The number of rotatable bonds is 7. The van der Waals surface area contributed by atoms with Gasteiger partial charge in [0.2, 0.25) is 15.9 Å². The molecule has 1 N–H and O–H groups in total. The van der Waals surface area contributed by atoms with Crippen molar-refractivity contribution in [2.75, 3.05) is 17.1 Å². The first kappa shape index (κ1) is 17.3. The average Bonchev–Trinajstić information content (AvgIpc) is 3.37. The Morgan fingerprint density at radius 3 is 2.40 bits per heavy atom. The smallest absolute Gasteiger partial charge is 0.240 e. The summed E-state index contributed by atoms with van der Waals surface area (Å²) in [7, 11) is -3.65. The van der Waals surface area contributed by atoms with Crippen LogP contribution in [0.15, 0.2) is 54.6 Å². The van der Waals surface area contributed by atoms with Gasteiger partial charge in [-0.05, 0) is 37.1 Å². The van der Waals surface area contributed by atoms with Gasteiger partial charge >= 0.3 is 0 Å². The van der Waals surface area contributed by atoms with Gasteiger partial charge in [0.15, 0.2) is 5.75 Å². The van der Waals surface area contributed by atoms with E-state index in [1.807, 2.05) is 18.2 Å². The third kappa shape index (κ3) is 4.73. The van der Waals surface area contributed by atoms with Crippen LogP contribution in [0.5, 0.6) is 11.5 Å². The second-order valence-corrected chi connectivity index (χ2v) is 7.90. The topological polar surface area (TPSA) is 75.7 Å². The summed E-state index contributed by atoms with van der Waals surface area (Å²) >= 11 is 0. The number of para-hydroxylation sites is 3. The highest BCUT2D eigenvalue weighted by atomic mass is 32.2. The first-order valence-electron chi connectivity index (χ1n) is 8.02. The molecule has 7 heteroatoms. The monoisotopic (exact) mass is 360 g/mol. The summed E-state index contributed by atoms with van der Waals surface area (Å²) in [6.45, 7) is -0.273. The van der Waals surface area contributed by atoms with Crippen LogP contribution in [0.2, 0.25) is 0 Å². The molecule has 1 aliphatic rings.